The molecule has 0 atom stereocenters. The lowest BCUT2D eigenvalue weighted by Gasteiger charge is -2.08. The van der Waals surface area contributed by atoms with E-state index in [2.05, 4.69) is 20.7 Å². The number of aryl methyl sites for hydroxylation is 1. The zero-order valence-electron chi connectivity index (χ0n) is 13.3. The van der Waals surface area contributed by atoms with Crippen molar-refractivity contribution in [2.75, 3.05) is 10.6 Å². The quantitative estimate of drug-likeness (QED) is 0.696. The minimum absolute atomic E-state index is 0.0676. The molecule has 0 bridgehead atoms. The van der Waals surface area contributed by atoms with Crippen LogP contribution in [0.5, 0.6) is 0 Å². The van der Waals surface area contributed by atoms with Crippen LogP contribution in [0.4, 0.5) is 20.4 Å². The Bertz CT molecular complexity index is 892. The molecule has 5 nitrogen and oxygen atoms in total. The fourth-order valence-electron chi connectivity index (χ4n) is 2.15. The van der Waals surface area contributed by atoms with Crippen LogP contribution in [0.15, 0.2) is 48.8 Å². The number of aromatic nitrogens is 3. The third kappa shape index (κ3) is 4.57. The van der Waals surface area contributed by atoms with Gasteiger partial charge in [0, 0.05) is 6.07 Å². The summed E-state index contributed by atoms with van der Waals surface area (Å²) < 4.78 is 28.2. The molecule has 0 unspecified atom stereocenters. The highest BCUT2D eigenvalue weighted by molar-refractivity contribution is 7.80. The lowest BCUT2D eigenvalue weighted by Crippen LogP contribution is -2.20. The van der Waals surface area contributed by atoms with Crippen molar-refractivity contribution in [3.05, 3.63) is 71.6 Å². The maximum Gasteiger partial charge on any atom is 0.248 e. The van der Waals surface area contributed by atoms with E-state index >= 15 is 0 Å². The standard InChI is InChI=1S/C17H15F2N5S/c1-11-2-4-12(5-3-11)9-24-10-20-16(23-24)22-17(25)21-15-7-6-13(18)8-14(15)19/h2-8,10H,9H2,1H3,(H2,21,22,23,25). The van der Waals surface area contributed by atoms with Crippen LogP contribution in [0.2, 0.25) is 0 Å². The lowest BCUT2D eigenvalue weighted by atomic mass is 10.1. The number of hydrogen-bond donors (Lipinski definition) is 2. The summed E-state index contributed by atoms with van der Waals surface area (Å²) in [6.45, 7) is 2.60. The summed E-state index contributed by atoms with van der Waals surface area (Å²) in [5.41, 5.74) is 2.35. The summed E-state index contributed by atoms with van der Waals surface area (Å²) >= 11 is 5.09. The van der Waals surface area contributed by atoms with E-state index < -0.39 is 11.6 Å². The van der Waals surface area contributed by atoms with Gasteiger partial charge < -0.3 is 5.32 Å². The number of nitrogens with zero attached hydrogens (tertiary/aromatic N) is 3. The summed E-state index contributed by atoms with van der Waals surface area (Å²) in [5, 5.41) is 9.77. The number of thiocarbonyl (C=S) groups is 1. The second-order valence-corrected chi connectivity index (χ2v) is 5.86. The summed E-state index contributed by atoms with van der Waals surface area (Å²) in [6, 6.07) is 11.3. The molecule has 0 spiro atoms. The molecule has 0 aliphatic carbocycles. The van der Waals surface area contributed by atoms with Crippen LogP contribution >= 0.6 is 12.2 Å². The molecule has 1 heterocycles. The van der Waals surface area contributed by atoms with Crippen LogP contribution in [-0.2, 0) is 6.54 Å². The van der Waals surface area contributed by atoms with Crippen LogP contribution in [0, 0.1) is 18.6 Å². The van der Waals surface area contributed by atoms with E-state index in [9.17, 15) is 8.78 Å². The molecule has 0 amide bonds. The lowest BCUT2D eigenvalue weighted by molar-refractivity contribution is 0.586. The van der Waals surface area contributed by atoms with Gasteiger partial charge in [0.15, 0.2) is 5.11 Å². The van der Waals surface area contributed by atoms with E-state index in [1.165, 1.54) is 11.6 Å². The van der Waals surface area contributed by atoms with Crippen molar-refractivity contribution in [3.8, 4) is 0 Å². The first kappa shape index (κ1) is 17.0. The fraction of sp³-hybridized carbons (Fsp3) is 0.118. The molecule has 0 fully saturated rings. The minimum atomic E-state index is -0.734. The van der Waals surface area contributed by atoms with Gasteiger partial charge in [-0.25, -0.2) is 18.4 Å². The Balaban J connectivity index is 1.60. The van der Waals surface area contributed by atoms with Crippen molar-refractivity contribution in [1.29, 1.82) is 0 Å². The number of anilines is 2. The van der Waals surface area contributed by atoms with E-state index in [-0.39, 0.29) is 16.7 Å². The van der Waals surface area contributed by atoms with Crippen molar-refractivity contribution in [3.63, 3.8) is 0 Å². The van der Waals surface area contributed by atoms with E-state index in [1.54, 1.807) is 11.0 Å². The molecule has 8 heteroatoms. The van der Waals surface area contributed by atoms with Gasteiger partial charge in [0.05, 0.1) is 12.2 Å². The van der Waals surface area contributed by atoms with Gasteiger partial charge in [-0.2, -0.15) is 0 Å². The van der Waals surface area contributed by atoms with Crippen LogP contribution in [0.25, 0.3) is 0 Å². The fourth-order valence-corrected chi connectivity index (χ4v) is 2.36. The first-order valence-electron chi connectivity index (χ1n) is 7.47. The summed E-state index contributed by atoms with van der Waals surface area (Å²) in [4.78, 5) is 4.11. The molecular formula is C17H15F2N5S. The molecule has 25 heavy (non-hydrogen) atoms. The number of rotatable bonds is 4. The molecule has 1 aromatic heterocycles. The van der Waals surface area contributed by atoms with Crippen LogP contribution < -0.4 is 10.6 Å². The smallest absolute Gasteiger partial charge is 0.248 e. The zero-order chi connectivity index (χ0) is 17.8. The second-order valence-electron chi connectivity index (χ2n) is 5.45. The summed E-state index contributed by atoms with van der Waals surface area (Å²) in [6.07, 6.45) is 1.57. The molecule has 0 radical (unpaired) electrons. The monoisotopic (exact) mass is 359 g/mol. The third-order valence-electron chi connectivity index (χ3n) is 3.41. The Labute approximate surface area is 148 Å². The van der Waals surface area contributed by atoms with E-state index in [0.717, 1.165) is 17.7 Å². The number of halogens is 2. The Kier molecular flexibility index (Phi) is 4.99. The number of hydrogen-bond acceptors (Lipinski definition) is 3. The van der Waals surface area contributed by atoms with Crippen molar-refractivity contribution in [2.24, 2.45) is 0 Å². The minimum Gasteiger partial charge on any atom is -0.330 e. The van der Waals surface area contributed by atoms with Crippen LogP contribution in [0.3, 0.4) is 0 Å². The predicted molar refractivity (Wildman–Crippen MR) is 96.5 cm³/mol. The van der Waals surface area contributed by atoms with Crippen molar-refractivity contribution in [2.45, 2.75) is 13.5 Å². The molecule has 128 valence electrons. The Hall–Kier alpha value is -2.87. The molecule has 3 aromatic rings. The van der Waals surface area contributed by atoms with Crippen molar-refractivity contribution >= 4 is 29.0 Å². The Morgan fingerprint density at radius 1 is 1.12 bits per heavy atom. The zero-order valence-corrected chi connectivity index (χ0v) is 14.1. The van der Waals surface area contributed by atoms with Gasteiger partial charge in [-0.05, 0) is 36.8 Å². The topological polar surface area (TPSA) is 54.8 Å². The van der Waals surface area contributed by atoms with Gasteiger partial charge in [-0.15, -0.1) is 5.10 Å². The van der Waals surface area contributed by atoms with Crippen molar-refractivity contribution in [1.82, 2.24) is 14.8 Å². The summed E-state index contributed by atoms with van der Waals surface area (Å²) in [7, 11) is 0. The largest absolute Gasteiger partial charge is 0.330 e. The average molecular weight is 359 g/mol. The SMILES string of the molecule is Cc1ccc(Cn2cnc(NC(=S)Nc3ccc(F)cc3F)n2)cc1. The van der Waals surface area contributed by atoms with Crippen molar-refractivity contribution < 1.29 is 8.78 Å². The first-order valence-corrected chi connectivity index (χ1v) is 7.88. The Morgan fingerprint density at radius 3 is 2.60 bits per heavy atom. The predicted octanol–water partition coefficient (Wildman–Crippen LogP) is 3.72. The van der Waals surface area contributed by atoms with Gasteiger partial charge >= 0.3 is 0 Å². The normalized spacial score (nSPS) is 10.5. The molecule has 2 aromatic carbocycles. The van der Waals surface area contributed by atoms with Gasteiger partial charge in [-0.3, -0.25) is 5.32 Å². The van der Waals surface area contributed by atoms with Gasteiger partial charge in [0.25, 0.3) is 0 Å². The van der Waals surface area contributed by atoms with Gasteiger partial charge in [0.1, 0.15) is 18.0 Å². The molecule has 2 N–H and O–H groups in total. The average Bonchev–Trinajstić information content (AvgIpc) is 2.99. The Morgan fingerprint density at radius 2 is 1.88 bits per heavy atom. The molecule has 0 saturated carbocycles. The maximum atomic E-state index is 13.6. The number of nitrogens with one attached hydrogen (secondary N) is 2. The number of benzene rings is 2. The highest BCUT2D eigenvalue weighted by Gasteiger charge is 2.08. The van der Waals surface area contributed by atoms with Gasteiger partial charge in [-0.1, -0.05) is 29.8 Å². The highest BCUT2D eigenvalue weighted by Crippen LogP contribution is 2.15. The summed E-state index contributed by atoms with van der Waals surface area (Å²) in [5.74, 6) is -1.10. The molecule has 0 aliphatic heterocycles. The first-order chi connectivity index (χ1) is 12.0. The van der Waals surface area contributed by atoms with E-state index in [1.807, 2.05) is 31.2 Å². The molecule has 3 rings (SSSR count). The molecule has 0 saturated heterocycles. The second kappa shape index (κ2) is 7.35. The van der Waals surface area contributed by atoms with E-state index in [0.29, 0.717) is 6.54 Å². The van der Waals surface area contributed by atoms with Crippen LogP contribution in [-0.4, -0.2) is 19.9 Å². The molecular weight excluding hydrogens is 344 g/mol. The van der Waals surface area contributed by atoms with Gasteiger partial charge in [0.2, 0.25) is 5.95 Å². The third-order valence-corrected chi connectivity index (χ3v) is 3.61. The molecule has 0 aliphatic rings. The van der Waals surface area contributed by atoms with Crippen LogP contribution in [0.1, 0.15) is 11.1 Å². The maximum absolute atomic E-state index is 13.6. The highest BCUT2D eigenvalue weighted by atomic mass is 32.1. The van der Waals surface area contributed by atoms with E-state index in [4.69, 9.17) is 12.2 Å².